The lowest BCUT2D eigenvalue weighted by atomic mass is 10.1. The van der Waals surface area contributed by atoms with E-state index in [9.17, 15) is 8.42 Å². The van der Waals surface area contributed by atoms with Crippen molar-refractivity contribution >= 4 is 21.8 Å². The Balaban J connectivity index is 2.01. The molecule has 3 rings (SSSR count). The first kappa shape index (κ1) is 24.3. The van der Waals surface area contributed by atoms with Crippen molar-refractivity contribution in [2.45, 2.75) is 55.9 Å². The number of nitrogens with one attached hydrogen (secondary N) is 1. The van der Waals surface area contributed by atoms with E-state index in [2.05, 4.69) is 17.7 Å². The maximum absolute atomic E-state index is 13.7. The minimum atomic E-state index is -1.45. The van der Waals surface area contributed by atoms with Crippen LogP contribution in [0.4, 0.5) is 0 Å². The Morgan fingerprint density at radius 1 is 0.844 bits per heavy atom. The lowest BCUT2D eigenvalue weighted by Gasteiger charge is -2.22. The smallest absolute Gasteiger partial charge is 0.125 e. The number of hydrogen-bond acceptors (Lipinski definition) is 2. The van der Waals surface area contributed by atoms with E-state index < -0.39 is 27.8 Å². The van der Waals surface area contributed by atoms with Gasteiger partial charge >= 0.3 is 0 Å². The van der Waals surface area contributed by atoms with Crippen molar-refractivity contribution in [2.24, 2.45) is 0 Å². The molecule has 3 aromatic carbocycles. The van der Waals surface area contributed by atoms with Crippen molar-refractivity contribution in [1.82, 2.24) is 4.72 Å². The molecule has 0 amide bonds. The summed E-state index contributed by atoms with van der Waals surface area (Å²) in [7, 11) is -2.83. The lowest BCUT2D eigenvalue weighted by Crippen LogP contribution is -2.27. The van der Waals surface area contributed by atoms with Gasteiger partial charge in [-0.3, -0.25) is 0 Å². The summed E-state index contributed by atoms with van der Waals surface area (Å²) in [6, 6.07) is 24.9. The number of benzene rings is 3. The van der Waals surface area contributed by atoms with Gasteiger partial charge in [0, 0.05) is 9.80 Å². The van der Waals surface area contributed by atoms with Crippen LogP contribution in [0.3, 0.4) is 0 Å². The molecule has 0 spiro atoms. The number of hydrogen-bond donors (Lipinski definition) is 1. The third-order valence-corrected chi connectivity index (χ3v) is 7.91. The van der Waals surface area contributed by atoms with Crippen LogP contribution in [0, 0.1) is 13.8 Å². The molecule has 1 N–H and O–H groups in total. The van der Waals surface area contributed by atoms with Crippen LogP contribution in [-0.4, -0.2) is 8.42 Å². The van der Waals surface area contributed by atoms with Crippen LogP contribution in [0.25, 0.3) is 0 Å². The van der Waals surface area contributed by atoms with Crippen LogP contribution in [-0.2, 0) is 21.8 Å². The highest BCUT2D eigenvalue weighted by molar-refractivity contribution is 7.89. The molecule has 0 heterocycles. The zero-order chi connectivity index (χ0) is 22.9. The molecule has 0 bridgehead atoms. The first-order valence-electron chi connectivity index (χ1n) is 11.0. The molecule has 0 radical (unpaired) electrons. The second-order valence-corrected chi connectivity index (χ2v) is 10.6. The van der Waals surface area contributed by atoms with Crippen LogP contribution < -0.4 is 4.72 Å². The summed E-state index contributed by atoms with van der Waals surface area (Å²) in [5.74, 6) is 0. The second-order valence-electron chi connectivity index (χ2n) is 7.87. The molecule has 168 valence electrons. The van der Waals surface area contributed by atoms with Gasteiger partial charge in [-0.05, 0) is 50.1 Å². The predicted molar refractivity (Wildman–Crippen MR) is 135 cm³/mol. The van der Waals surface area contributed by atoms with Crippen molar-refractivity contribution < 1.29 is 8.42 Å². The molecular formula is C27H31NO2S2. The van der Waals surface area contributed by atoms with E-state index in [0.29, 0.717) is 4.90 Å². The highest BCUT2D eigenvalue weighted by Gasteiger charge is 2.25. The third-order valence-electron chi connectivity index (χ3n) is 5.23. The van der Waals surface area contributed by atoms with Gasteiger partial charge in [0.2, 0.25) is 0 Å². The minimum Gasteiger partial charge on any atom is -0.249 e. The maximum Gasteiger partial charge on any atom is 0.125 e. The summed E-state index contributed by atoms with van der Waals surface area (Å²) in [4.78, 5) is 2.20. The van der Waals surface area contributed by atoms with E-state index in [1.54, 1.807) is 0 Å². The molecule has 3 aromatic rings. The highest BCUT2D eigenvalue weighted by Crippen LogP contribution is 2.30. The molecule has 3 nitrogen and oxygen atoms in total. The quantitative estimate of drug-likeness (QED) is 0.346. The monoisotopic (exact) mass is 465 g/mol. The van der Waals surface area contributed by atoms with Gasteiger partial charge in [-0.1, -0.05) is 91.6 Å². The minimum absolute atomic E-state index is 0.433. The summed E-state index contributed by atoms with van der Waals surface area (Å²) < 4.78 is 30.3. The van der Waals surface area contributed by atoms with Crippen LogP contribution in [0.2, 0.25) is 0 Å². The Bertz CT molecular complexity index is 1070. The number of unbranched alkanes of at least 4 members (excludes halogenated alkanes) is 2. The van der Waals surface area contributed by atoms with Gasteiger partial charge in [0.25, 0.3) is 0 Å². The molecule has 0 aliphatic rings. The average molecular weight is 466 g/mol. The maximum atomic E-state index is 13.7. The fourth-order valence-electron chi connectivity index (χ4n) is 3.32. The predicted octanol–water partition coefficient (Wildman–Crippen LogP) is 6.54. The van der Waals surface area contributed by atoms with Crippen molar-refractivity contribution in [3.8, 4) is 0 Å². The van der Waals surface area contributed by atoms with Crippen molar-refractivity contribution in [1.29, 1.82) is 0 Å². The number of aryl methyl sites for hydroxylation is 2. The average Bonchev–Trinajstić information content (AvgIpc) is 2.82. The van der Waals surface area contributed by atoms with E-state index in [1.807, 2.05) is 92.7 Å². The number of allylic oxidation sites excluding steroid dienone is 1. The van der Waals surface area contributed by atoms with Crippen LogP contribution in [0.5, 0.6) is 0 Å². The Morgan fingerprint density at radius 2 is 1.41 bits per heavy atom. The van der Waals surface area contributed by atoms with Gasteiger partial charge in [0.1, 0.15) is 11.0 Å². The van der Waals surface area contributed by atoms with Gasteiger partial charge in [0.15, 0.2) is 0 Å². The zero-order valence-electron chi connectivity index (χ0n) is 18.9. The summed E-state index contributed by atoms with van der Waals surface area (Å²) >= 11 is 0. The lowest BCUT2D eigenvalue weighted by molar-refractivity contribution is 0.657. The summed E-state index contributed by atoms with van der Waals surface area (Å²) in [6.07, 6.45) is 4.96. The van der Waals surface area contributed by atoms with Crippen molar-refractivity contribution in [2.75, 3.05) is 0 Å². The molecule has 0 saturated heterocycles. The fraction of sp³-hybridized carbons (Fsp3) is 0.259. The topological polar surface area (TPSA) is 46.2 Å². The Kier molecular flexibility index (Phi) is 9.15. The summed E-state index contributed by atoms with van der Waals surface area (Å²) in [5, 5.41) is 0. The van der Waals surface area contributed by atoms with Gasteiger partial charge in [0.05, 0.1) is 21.7 Å². The Morgan fingerprint density at radius 3 is 1.97 bits per heavy atom. The van der Waals surface area contributed by atoms with E-state index in [4.69, 9.17) is 0 Å². The molecule has 3 atom stereocenters. The number of rotatable bonds is 10. The summed E-state index contributed by atoms with van der Waals surface area (Å²) in [5.41, 5.74) is 3.18. The Hall–Kier alpha value is -2.34. The van der Waals surface area contributed by atoms with Gasteiger partial charge in [-0.15, -0.1) is 0 Å². The first-order valence-corrected chi connectivity index (χ1v) is 13.3. The summed E-state index contributed by atoms with van der Waals surface area (Å²) in [6.45, 7) is 6.17. The van der Waals surface area contributed by atoms with Gasteiger partial charge in [-0.2, -0.15) is 0 Å². The fourth-order valence-corrected chi connectivity index (χ4v) is 5.72. The zero-order valence-corrected chi connectivity index (χ0v) is 20.5. The highest BCUT2D eigenvalue weighted by atomic mass is 32.2. The van der Waals surface area contributed by atoms with Gasteiger partial charge < -0.3 is 0 Å². The molecule has 5 heteroatoms. The van der Waals surface area contributed by atoms with Crippen LogP contribution >= 0.6 is 0 Å². The Labute approximate surface area is 197 Å². The second kappa shape index (κ2) is 12.0. The van der Waals surface area contributed by atoms with Gasteiger partial charge in [-0.25, -0.2) is 13.1 Å². The molecule has 32 heavy (non-hydrogen) atoms. The molecule has 0 aliphatic heterocycles. The molecular weight excluding hydrogens is 434 g/mol. The van der Waals surface area contributed by atoms with Crippen molar-refractivity contribution in [3.63, 3.8) is 0 Å². The molecule has 2 unspecified atom stereocenters. The SMILES string of the molecule is CCCC/C=C(\[C@H](NS(=O)c1ccc(C)cc1)c1ccccc1)S(=O)c1ccc(C)cc1. The molecule has 0 fully saturated rings. The van der Waals surface area contributed by atoms with E-state index >= 15 is 0 Å². The van der Waals surface area contributed by atoms with E-state index in [-0.39, 0.29) is 0 Å². The van der Waals surface area contributed by atoms with E-state index in [1.165, 1.54) is 0 Å². The largest absolute Gasteiger partial charge is 0.249 e. The van der Waals surface area contributed by atoms with E-state index in [0.717, 1.165) is 45.8 Å². The van der Waals surface area contributed by atoms with Crippen LogP contribution in [0.1, 0.15) is 48.9 Å². The normalized spacial score (nSPS) is 14.7. The first-order chi connectivity index (χ1) is 15.5. The van der Waals surface area contributed by atoms with Crippen molar-refractivity contribution in [3.05, 3.63) is 107 Å². The standard InChI is InChI=1S/C27H31NO2S2/c1-4-5-7-12-26(31(29)24-17-13-21(2)14-18-24)27(23-10-8-6-9-11-23)28-32(30)25-19-15-22(3)16-20-25/h6,8-20,27-28H,4-5,7H2,1-3H3/b26-12+/t27-,31?,32?/m1/s1. The molecule has 0 saturated carbocycles. The molecule has 0 aromatic heterocycles. The van der Waals surface area contributed by atoms with Crippen LogP contribution in [0.15, 0.2) is 99.6 Å². The molecule has 0 aliphatic carbocycles. The third kappa shape index (κ3) is 6.58.